The Morgan fingerprint density at radius 3 is 1.30 bits per heavy atom. The predicted octanol–water partition coefficient (Wildman–Crippen LogP) is 19.5. The van der Waals surface area contributed by atoms with Gasteiger partial charge in [-0.25, -0.2) is 0 Å². The molecule has 14 aromatic rings. The lowest BCUT2D eigenvalue weighted by molar-refractivity contribution is 0.112. The van der Waals surface area contributed by atoms with E-state index in [1.807, 2.05) is 18.2 Å². The molecule has 4 nitrogen and oxygen atoms in total. The van der Waals surface area contributed by atoms with E-state index in [2.05, 4.69) is 289 Å². The zero-order valence-electron chi connectivity index (χ0n) is 44.4. The molecule has 1 aliphatic rings. The van der Waals surface area contributed by atoms with E-state index < -0.39 is 5.41 Å². The molecule has 3 heterocycles. The summed E-state index contributed by atoms with van der Waals surface area (Å²) in [6.07, 6.45) is 0.988. The summed E-state index contributed by atoms with van der Waals surface area (Å²) in [5.74, 6) is 0. The van der Waals surface area contributed by atoms with Gasteiger partial charge in [0.1, 0.15) is 0 Å². The lowest BCUT2D eigenvalue weighted by Crippen LogP contribution is -2.39. The second kappa shape index (κ2) is 18.7. The summed E-state index contributed by atoms with van der Waals surface area (Å²) in [5, 5.41) is 4.82. The fraction of sp³-hybridized carbons (Fsp3) is 0.0395. The molecule has 1 aliphatic heterocycles. The molecule has 4 heteroatoms. The van der Waals surface area contributed by atoms with Crippen molar-refractivity contribution in [3.05, 3.63) is 318 Å². The maximum Gasteiger partial charge on any atom is 0.150 e. The van der Waals surface area contributed by atoms with Crippen molar-refractivity contribution in [2.75, 3.05) is 4.90 Å². The number of aldehydes is 1. The number of hydrogen-bond acceptors (Lipinski definition) is 2. The second-order valence-electron chi connectivity index (χ2n) is 21.2. The van der Waals surface area contributed by atoms with Gasteiger partial charge in [-0.05, 0) is 178 Å². The summed E-state index contributed by atoms with van der Waals surface area (Å²) in [4.78, 5) is 15.4. The van der Waals surface area contributed by atoms with Gasteiger partial charge in [-0.15, -0.1) is 0 Å². The summed E-state index contributed by atoms with van der Waals surface area (Å²) in [7, 11) is 0. The van der Waals surface area contributed by atoms with E-state index in [1.165, 1.54) is 43.7 Å². The molecule has 0 amide bonds. The Labute approximate surface area is 465 Å². The second-order valence-corrected chi connectivity index (χ2v) is 21.2. The molecular formula is C76H53N3O. The highest BCUT2D eigenvalue weighted by atomic mass is 16.1. The zero-order chi connectivity index (χ0) is 53.5. The summed E-state index contributed by atoms with van der Waals surface area (Å²) in [6, 6.07) is 102. The van der Waals surface area contributed by atoms with Crippen LogP contribution in [0.15, 0.2) is 279 Å². The summed E-state index contributed by atoms with van der Waals surface area (Å²) >= 11 is 0. The Morgan fingerprint density at radius 1 is 0.325 bits per heavy atom. The Kier molecular flexibility index (Phi) is 11.0. The minimum atomic E-state index is -0.898. The van der Waals surface area contributed by atoms with Crippen LogP contribution < -0.4 is 4.90 Å². The Morgan fingerprint density at radius 2 is 0.750 bits per heavy atom. The van der Waals surface area contributed by atoms with Crippen LogP contribution in [0.4, 0.5) is 17.1 Å². The molecule has 0 saturated carbocycles. The molecular weight excluding hydrogens is 971 g/mol. The third-order valence-corrected chi connectivity index (χ3v) is 17.0. The van der Waals surface area contributed by atoms with E-state index in [0.717, 1.165) is 101 Å². The molecule has 12 aromatic carbocycles. The van der Waals surface area contributed by atoms with Crippen LogP contribution in [0.1, 0.15) is 43.7 Å². The van der Waals surface area contributed by atoms with E-state index in [0.29, 0.717) is 5.56 Å². The number of aryl methyl sites for hydroxylation is 1. The number of fused-ring (bicyclic) bond motifs is 8. The number of carbonyl (C=O) groups is 1. The van der Waals surface area contributed by atoms with Crippen LogP contribution in [0.5, 0.6) is 0 Å². The van der Waals surface area contributed by atoms with E-state index in [-0.39, 0.29) is 0 Å². The monoisotopic (exact) mass is 1020 g/mol. The van der Waals surface area contributed by atoms with Crippen LogP contribution in [0.2, 0.25) is 0 Å². The van der Waals surface area contributed by atoms with E-state index in [4.69, 9.17) is 0 Å². The maximum absolute atomic E-state index is 12.9. The number of aromatic nitrogens is 2. The minimum Gasteiger partial charge on any atom is -0.310 e. The summed E-state index contributed by atoms with van der Waals surface area (Å²) in [5.41, 5.74) is 23.4. The van der Waals surface area contributed by atoms with Crippen molar-refractivity contribution in [1.29, 1.82) is 0 Å². The average molecular weight is 1020 g/mol. The fourth-order valence-corrected chi connectivity index (χ4v) is 13.5. The Bertz CT molecular complexity index is 4550. The number of para-hydroxylation sites is 5. The van der Waals surface area contributed by atoms with Gasteiger partial charge in [0.15, 0.2) is 6.29 Å². The van der Waals surface area contributed by atoms with Crippen molar-refractivity contribution >= 4 is 67.0 Å². The highest BCUT2D eigenvalue weighted by Crippen LogP contribution is 2.60. The van der Waals surface area contributed by atoms with Gasteiger partial charge in [-0.2, -0.15) is 0 Å². The quantitative estimate of drug-likeness (QED) is 0.135. The Balaban J connectivity index is 1.05. The number of rotatable bonds is 9. The molecule has 0 unspecified atom stereocenters. The molecule has 0 aliphatic carbocycles. The minimum absolute atomic E-state index is 0.662. The van der Waals surface area contributed by atoms with Crippen LogP contribution in [0.3, 0.4) is 0 Å². The van der Waals surface area contributed by atoms with Crippen LogP contribution in [-0.4, -0.2) is 15.4 Å². The smallest absolute Gasteiger partial charge is 0.150 e. The van der Waals surface area contributed by atoms with Crippen molar-refractivity contribution in [3.63, 3.8) is 0 Å². The first-order valence-corrected chi connectivity index (χ1v) is 27.5. The lowest BCUT2D eigenvalue weighted by atomic mass is 9.59. The average Bonchev–Trinajstić information content (AvgIpc) is 4.14. The molecule has 15 rings (SSSR count). The number of hydrogen-bond donors (Lipinski definition) is 0. The SMILES string of the molecule is Cc1ccccc1C1(c2cccc(-c3ccccc3C=O)c2C)c2cc(-c3ccc4c(c3)c3ccccc3n4-c3ccccc3)ccc2N(c2ccccc2)c2ccc(-c3ccc4c(c3)c3ccccc3n4-c3ccccc3)cc21. The van der Waals surface area contributed by atoms with E-state index in [1.54, 1.807) is 0 Å². The van der Waals surface area contributed by atoms with Gasteiger partial charge in [0.25, 0.3) is 0 Å². The van der Waals surface area contributed by atoms with Gasteiger partial charge in [-0.3, -0.25) is 4.79 Å². The van der Waals surface area contributed by atoms with Crippen molar-refractivity contribution in [2.24, 2.45) is 0 Å². The summed E-state index contributed by atoms with van der Waals surface area (Å²) in [6.45, 7) is 4.52. The number of carbonyl (C=O) groups excluding carboxylic acids is 1. The summed E-state index contributed by atoms with van der Waals surface area (Å²) < 4.78 is 4.77. The molecule has 378 valence electrons. The molecule has 80 heavy (non-hydrogen) atoms. The first kappa shape index (κ1) is 47.0. The Hall–Kier alpha value is -10.3. The van der Waals surface area contributed by atoms with Gasteiger partial charge < -0.3 is 14.0 Å². The lowest BCUT2D eigenvalue weighted by Gasteiger charge is -2.48. The van der Waals surface area contributed by atoms with Gasteiger partial charge in [0, 0.05) is 44.2 Å². The van der Waals surface area contributed by atoms with Crippen molar-refractivity contribution in [2.45, 2.75) is 19.3 Å². The molecule has 0 bridgehead atoms. The zero-order valence-corrected chi connectivity index (χ0v) is 44.4. The predicted molar refractivity (Wildman–Crippen MR) is 333 cm³/mol. The third-order valence-electron chi connectivity index (χ3n) is 17.0. The number of nitrogens with zero attached hydrogens (tertiary/aromatic N) is 3. The largest absolute Gasteiger partial charge is 0.310 e. The van der Waals surface area contributed by atoms with Gasteiger partial charge in [0.2, 0.25) is 0 Å². The van der Waals surface area contributed by atoms with Crippen LogP contribution in [0, 0.1) is 13.8 Å². The van der Waals surface area contributed by atoms with Gasteiger partial charge in [0.05, 0.1) is 38.9 Å². The first-order valence-electron chi connectivity index (χ1n) is 27.5. The van der Waals surface area contributed by atoms with Crippen molar-refractivity contribution in [1.82, 2.24) is 9.13 Å². The highest BCUT2D eigenvalue weighted by molar-refractivity contribution is 6.12. The number of benzene rings is 12. The van der Waals surface area contributed by atoms with Crippen LogP contribution in [-0.2, 0) is 5.41 Å². The van der Waals surface area contributed by atoms with Crippen molar-refractivity contribution in [3.8, 4) is 44.8 Å². The van der Waals surface area contributed by atoms with Crippen molar-refractivity contribution < 1.29 is 4.79 Å². The fourth-order valence-electron chi connectivity index (χ4n) is 13.5. The molecule has 0 spiro atoms. The van der Waals surface area contributed by atoms with Crippen LogP contribution >= 0.6 is 0 Å². The molecule has 2 aromatic heterocycles. The third kappa shape index (κ3) is 7.12. The topological polar surface area (TPSA) is 30.2 Å². The normalized spacial score (nSPS) is 12.8. The molecule has 0 saturated heterocycles. The van der Waals surface area contributed by atoms with Crippen LogP contribution in [0.25, 0.3) is 88.4 Å². The van der Waals surface area contributed by atoms with Gasteiger partial charge >= 0.3 is 0 Å². The standard InChI is InChI=1S/C76H53N3O/c1-50-21-12-17-33-66(50)76(67-34-20-32-60(51(67)2)61-29-14-13-22-56(61)49-80)68-47-54(52-37-41-72-64(45-52)62-30-15-18-35-70(62)77(72)57-23-6-3-7-24-57)39-43-74(68)79(59-27-10-5-11-28-59)75-44-40-55(48-69(75)76)53-38-42-73-65(46-53)63-31-16-19-36-71(63)78(73)58-25-8-4-9-26-58/h3-49H,1-2H3. The maximum atomic E-state index is 12.9. The molecule has 0 fully saturated rings. The molecule has 0 radical (unpaired) electrons. The highest BCUT2D eigenvalue weighted by Gasteiger charge is 2.48. The van der Waals surface area contributed by atoms with E-state index in [9.17, 15) is 4.79 Å². The molecule has 0 atom stereocenters. The molecule has 0 N–H and O–H groups in total. The first-order chi connectivity index (χ1) is 39.5. The van der Waals surface area contributed by atoms with E-state index >= 15 is 0 Å². The number of anilines is 3. The van der Waals surface area contributed by atoms with Gasteiger partial charge in [-0.1, -0.05) is 182 Å².